The Kier molecular flexibility index (Phi) is 9.52. The largest absolute Gasteiger partial charge is 0.493 e. The molecule has 0 aliphatic heterocycles. The highest BCUT2D eigenvalue weighted by molar-refractivity contribution is 7.09. The van der Waals surface area contributed by atoms with Crippen molar-refractivity contribution in [2.24, 2.45) is 0 Å². The third-order valence-electron chi connectivity index (χ3n) is 6.20. The number of methoxy groups -OCH3 is 2. The second kappa shape index (κ2) is 12.6. The molecular formula is C28H36N4O4S. The zero-order valence-electron chi connectivity index (χ0n) is 22.6. The number of benzene rings is 2. The van der Waals surface area contributed by atoms with Crippen molar-refractivity contribution in [2.45, 2.75) is 46.7 Å². The van der Waals surface area contributed by atoms with Gasteiger partial charge in [0.2, 0.25) is 0 Å². The quantitative estimate of drug-likeness (QED) is 0.377. The van der Waals surface area contributed by atoms with Gasteiger partial charge in [-0.05, 0) is 62.9 Å². The molecule has 0 bridgehead atoms. The fourth-order valence-electron chi connectivity index (χ4n) is 3.94. The van der Waals surface area contributed by atoms with Crippen molar-refractivity contribution in [1.29, 1.82) is 0 Å². The molecule has 1 N–H and O–H groups in total. The van der Waals surface area contributed by atoms with E-state index in [-0.39, 0.29) is 18.0 Å². The van der Waals surface area contributed by atoms with Gasteiger partial charge in [0, 0.05) is 30.7 Å². The predicted molar refractivity (Wildman–Crippen MR) is 148 cm³/mol. The van der Waals surface area contributed by atoms with Crippen LogP contribution >= 0.6 is 11.3 Å². The van der Waals surface area contributed by atoms with Gasteiger partial charge in [0.15, 0.2) is 11.5 Å². The minimum atomic E-state index is -0.192. The number of rotatable bonds is 10. The van der Waals surface area contributed by atoms with Crippen LogP contribution < -0.4 is 14.8 Å². The van der Waals surface area contributed by atoms with Gasteiger partial charge in [-0.3, -0.25) is 4.79 Å². The van der Waals surface area contributed by atoms with E-state index < -0.39 is 0 Å². The van der Waals surface area contributed by atoms with E-state index in [4.69, 9.17) is 9.47 Å². The van der Waals surface area contributed by atoms with Crippen LogP contribution in [-0.2, 0) is 13.0 Å². The molecule has 0 radical (unpaired) electrons. The number of thiazole rings is 1. The molecule has 0 spiro atoms. The Labute approximate surface area is 223 Å². The molecule has 3 amide bonds. The number of aromatic nitrogens is 1. The molecule has 1 aromatic heterocycles. The minimum absolute atomic E-state index is 0.0449. The average Bonchev–Trinajstić information content (AvgIpc) is 3.35. The maximum absolute atomic E-state index is 13.1. The third kappa shape index (κ3) is 7.01. The molecule has 0 aliphatic carbocycles. The molecule has 1 heterocycles. The molecule has 3 rings (SSSR count). The zero-order chi connectivity index (χ0) is 27.1. The van der Waals surface area contributed by atoms with E-state index in [1.54, 1.807) is 36.4 Å². The third-order valence-corrected chi connectivity index (χ3v) is 7.04. The van der Waals surface area contributed by atoms with Crippen molar-refractivity contribution >= 4 is 29.0 Å². The van der Waals surface area contributed by atoms with Crippen LogP contribution in [0.3, 0.4) is 0 Å². The summed E-state index contributed by atoms with van der Waals surface area (Å²) in [6.07, 6.45) is 0.666. The van der Waals surface area contributed by atoms with Crippen LogP contribution in [0.4, 0.5) is 10.5 Å². The van der Waals surface area contributed by atoms with Crippen molar-refractivity contribution in [2.75, 3.05) is 33.1 Å². The number of hydrogen-bond donors (Lipinski definition) is 1. The van der Waals surface area contributed by atoms with Gasteiger partial charge in [-0.15, -0.1) is 11.3 Å². The lowest BCUT2D eigenvalue weighted by atomic mass is 10.1. The molecule has 0 atom stereocenters. The molecular weight excluding hydrogens is 488 g/mol. The van der Waals surface area contributed by atoms with E-state index >= 15 is 0 Å². The number of ether oxygens (including phenoxy) is 2. The summed E-state index contributed by atoms with van der Waals surface area (Å²) in [5.74, 6) is 1.18. The topological polar surface area (TPSA) is 84.0 Å². The summed E-state index contributed by atoms with van der Waals surface area (Å²) in [4.78, 5) is 34.1. The lowest BCUT2D eigenvalue weighted by Gasteiger charge is -2.27. The molecule has 3 aromatic rings. The summed E-state index contributed by atoms with van der Waals surface area (Å²) in [6.45, 7) is 8.72. The fourth-order valence-corrected chi connectivity index (χ4v) is 4.70. The molecule has 0 aliphatic rings. The lowest BCUT2D eigenvalue weighted by Crippen LogP contribution is -2.39. The van der Waals surface area contributed by atoms with E-state index in [2.05, 4.69) is 10.3 Å². The van der Waals surface area contributed by atoms with Crippen LogP contribution in [-0.4, -0.2) is 60.6 Å². The summed E-state index contributed by atoms with van der Waals surface area (Å²) in [7, 11) is 4.97. The molecule has 198 valence electrons. The Hall–Kier alpha value is -3.59. The first-order chi connectivity index (χ1) is 17.6. The summed E-state index contributed by atoms with van der Waals surface area (Å²) in [5, 5.41) is 5.51. The standard InChI is InChI=1S/C28H36N4O4S/c1-18(2)32(28(34)30-26-19(3)9-8-10-20(26)4)16-25-29-22(17-37-25)27(33)31(5)14-13-21-11-12-23(35-6)24(15-21)36-7/h8-12,15,17-18H,13-14,16H2,1-7H3,(H,30,34). The smallest absolute Gasteiger partial charge is 0.322 e. The van der Waals surface area contributed by atoms with Crippen molar-refractivity contribution in [3.05, 3.63) is 69.2 Å². The number of nitrogens with one attached hydrogen (secondary N) is 1. The Balaban J connectivity index is 1.63. The van der Waals surface area contributed by atoms with Gasteiger partial charge >= 0.3 is 6.03 Å². The molecule has 37 heavy (non-hydrogen) atoms. The van der Waals surface area contributed by atoms with Gasteiger partial charge in [0.1, 0.15) is 10.7 Å². The number of carbonyl (C=O) groups is 2. The molecule has 0 saturated heterocycles. The van der Waals surface area contributed by atoms with E-state index in [1.165, 1.54) is 11.3 Å². The van der Waals surface area contributed by atoms with Crippen LogP contribution in [0.15, 0.2) is 41.8 Å². The maximum atomic E-state index is 13.1. The normalized spacial score (nSPS) is 10.8. The van der Waals surface area contributed by atoms with Crippen molar-refractivity contribution in [1.82, 2.24) is 14.8 Å². The minimum Gasteiger partial charge on any atom is -0.493 e. The van der Waals surface area contributed by atoms with Crippen molar-refractivity contribution < 1.29 is 19.1 Å². The van der Waals surface area contributed by atoms with E-state index in [9.17, 15) is 9.59 Å². The van der Waals surface area contributed by atoms with Crippen LogP contribution in [0.25, 0.3) is 0 Å². The molecule has 0 saturated carbocycles. The summed E-state index contributed by atoms with van der Waals surface area (Å²) in [6, 6.07) is 11.4. The first-order valence-corrected chi connectivity index (χ1v) is 13.1. The van der Waals surface area contributed by atoms with Gasteiger partial charge in [0.05, 0.1) is 20.8 Å². The number of hydrogen-bond acceptors (Lipinski definition) is 6. The SMILES string of the molecule is COc1ccc(CCN(C)C(=O)c2csc(CN(C(=O)Nc3c(C)cccc3C)C(C)C)n2)cc1OC. The van der Waals surface area contributed by atoms with E-state index in [1.807, 2.05) is 64.1 Å². The number of anilines is 1. The molecule has 0 fully saturated rings. The Bertz CT molecular complexity index is 1220. The zero-order valence-corrected chi connectivity index (χ0v) is 23.4. The van der Waals surface area contributed by atoms with Gasteiger partial charge in [0.25, 0.3) is 5.91 Å². The molecule has 2 aromatic carbocycles. The molecule has 8 nitrogen and oxygen atoms in total. The second-order valence-corrected chi connectivity index (χ2v) is 10.2. The number of urea groups is 1. The number of aryl methyl sites for hydroxylation is 2. The number of nitrogens with zero attached hydrogens (tertiary/aromatic N) is 3. The second-order valence-electron chi connectivity index (χ2n) is 9.21. The number of carbonyl (C=O) groups excluding carboxylic acids is 2. The van der Waals surface area contributed by atoms with Crippen LogP contribution in [0.1, 0.15) is 46.0 Å². The lowest BCUT2D eigenvalue weighted by molar-refractivity contribution is 0.0791. The summed E-state index contributed by atoms with van der Waals surface area (Å²) in [5.41, 5.74) is 4.27. The Morgan fingerprint density at radius 3 is 2.35 bits per heavy atom. The fraction of sp³-hybridized carbons (Fsp3) is 0.393. The highest BCUT2D eigenvalue weighted by Gasteiger charge is 2.22. The Morgan fingerprint density at radius 2 is 1.73 bits per heavy atom. The van der Waals surface area contributed by atoms with Crippen molar-refractivity contribution in [3.8, 4) is 11.5 Å². The molecule has 0 unspecified atom stereocenters. The predicted octanol–water partition coefficient (Wildman–Crippen LogP) is 5.53. The highest BCUT2D eigenvalue weighted by Crippen LogP contribution is 2.28. The van der Waals surface area contributed by atoms with Gasteiger partial charge in [-0.25, -0.2) is 9.78 Å². The van der Waals surface area contributed by atoms with Gasteiger partial charge in [-0.2, -0.15) is 0 Å². The van der Waals surface area contributed by atoms with Gasteiger partial charge < -0.3 is 24.6 Å². The van der Waals surface area contributed by atoms with E-state index in [0.29, 0.717) is 41.7 Å². The number of likely N-dealkylation sites (N-methyl/N-ethyl adjacent to an activating group) is 1. The highest BCUT2D eigenvalue weighted by atomic mass is 32.1. The molecule has 9 heteroatoms. The van der Waals surface area contributed by atoms with Crippen LogP contribution in [0.5, 0.6) is 11.5 Å². The summed E-state index contributed by atoms with van der Waals surface area (Å²) < 4.78 is 10.7. The number of amides is 3. The van der Waals surface area contributed by atoms with Crippen LogP contribution in [0, 0.1) is 13.8 Å². The first-order valence-electron chi connectivity index (χ1n) is 12.2. The maximum Gasteiger partial charge on any atom is 0.322 e. The Morgan fingerprint density at radius 1 is 1.05 bits per heavy atom. The first kappa shape index (κ1) is 28.0. The monoisotopic (exact) mass is 524 g/mol. The average molecular weight is 525 g/mol. The number of para-hydroxylation sites is 1. The summed E-state index contributed by atoms with van der Waals surface area (Å²) >= 11 is 1.38. The van der Waals surface area contributed by atoms with Crippen molar-refractivity contribution in [3.63, 3.8) is 0 Å². The van der Waals surface area contributed by atoms with Crippen LogP contribution in [0.2, 0.25) is 0 Å². The van der Waals surface area contributed by atoms with E-state index in [0.717, 1.165) is 22.4 Å². The van der Waals surface area contributed by atoms with Gasteiger partial charge in [-0.1, -0.05) is 24.3 Å².